The maximum absolute atomic E-state index is 12.4. The van der Waals surface area contributed by atoms with Crippen LogP contribution in [0.25, 0.3) is 0 Å². The van der Waals surface area contributed by atoms with Crippen molar-refractivity contribution in [1.82, 2.24) is 4.90 Å². The second-order valence-electron chi connectivity index (χ2n) is 5.74. The van der Waals surface area contributed by atoms with E-state index in [1.807, 2.05) is 6.92 Å². The summed E-state index contributed by atoms with van der Waals surface area (Å²) in [6.07, 6.45) is 2.92. The van der Waals surface area contributed by atoms with Crippen LogP contribution in [0.2, 0.25) is 0 Å². The van der Waals surface area contributed by atoms with Crippen LogP contribution in [-0.4, -0.2) is 48.6 Å². The van der Waals surface area contributed by atoms with Crippen molar-refractivity contribution in [2.45, 2.75) is 39.0 Å². The van der Waals surface area contributed by atoms with Crippen LogP contribution in [0.5, 0.6) is 0 Å². The van der Waals surface area contributed by atoms with Gasteiger partial charge in [0.25, 0.3) is 0 Å². The summed E-state index contributed by atoms with van der Waals surface area (Å²) in [5.74, 6) is -2.01. The molecule has 0 radical (unpaired) electrons. The first kappa shape index (κ1) is 17.5. The quantitative estimate of drug-likeness (QED) is 0.721. The minimum Gasteiger partial charge on any atom is -0.481 e. The molecule has 120 valence electrons. The van der Waals surface area contributed by atoms with Crippen molar-refractivity contribution >= 4 is 17.8 Å². The summed E-state index contributed by atoms with van der Waals surface area (Å²) in [5.41, 5.74) is 0. The fraction of sp³-hybridized carbons (Fsp3) is 0.800. The molecule has 1 aliphatic rings. The highest BCUT2D eigenvalue weighted by molar-refractivity contribution is 5.85. The third kappa shape index (κ3) is 4.72. The lowest BCUT2D eigenvalue weighted by Gasteiger charge is -2.23. The van der Waals surface area contributed by atoms with Crippen molar-refractivity contribution in [3.05, 3.63) is 0 Å². The van der Waals surface area contributed by atoms with E-state index >= 15 is 0 Å². The molecule has 1 amide bonds. The Bertz CT molecular complexity index is 396. The van der Waals surface area contributed by atoms with Crippen molar-refractivity contribution in [3.8, 4) is 0 Å². The number of rotatable bonds is 7. The van der Waals surface area contributed by atoms with Gasteiger partial charge in [0, 0.05) is 20.0 Å². The van der Waals surface area contributed by atoms with Crippen molar-refractivity contribution in [1.29, 1.82) is 0 Å². The van der Waals surface area contributed by atoms with Gasteiger partial charge in [-0.15, -0.1) is 0 Å². The molecule has 0 heterocycles. The Morgan fingerprint density at radius 1 is 1.24 bits per heavy atom. The van der Waals surface area contributed by atoms with E-state index in [9.17, 15) is 19.5 Å². The smallest absolute Gasteiger partial charge is 0.307 e. The van der Waals surface area contributed by atoms with E-state index in [2.05, 4.69) is 4.74 Å². The standard InChI is InChI=1S/C15H25NO5/c1-4-10-8-11(12(9-10)15(19)20)14(18)16(2)7-5-6-13(17)21-3/h10-12H,4-9H2,1-3H3,(H,19,20). The van der Waals surface area contributed by atoms with Gasteiger partial charge in [0.05, 0.1) is 18.9 Å². The highest BCUT2D eigenvalue weighted by atomic mass is 16.5. The van der Waals surface area contributed by atoms with E-state index in [0.717, 1.165) is 6.42 Å². The van der Waals surface area contributed by atoms with Crippen LogP contribution in [0.4, 0.5) is 0 Å². The summed E-state index contributed by atoms with van der Waals surface area (Å²) in [5, 5.41) is 9.28. The zero-order valence-corrected chi connectivity index (χ0v) is 13.0. The molecule has 3 atom stereocenters. The number of hydrogen-bond acceptors (Lipinski definition) is 4. The average molecular weight is 299 g/mol. The summed E-state index contributed by atoms with van der Waals surface area (Å²) in [7, 11) is 3.00. The molecule has 21 heavy (non-hydrogen) atoms. The van der Waals surface area contributed by atoms with Crippen LogP contribution in [0, 0.1) is 17.8 Å². The molecule has 1 saturated carbocycles. The fourth-order valence-corrected chi connectivity index (χ4v) is 2.98. The minimum absolute atomic E-state index is 0.122. The summed E-state index contributed by atoms with van der Waals surface area (Å²) in [6, 6.07) is 0. The number of esters is 1. The second kappa shape index (κ2) is 8.00. The lowest BCUT2D eigenvalue weighted by atomic mass is 9.95. The molecule has 6 heteroatoms. The molecule has 1 fully saturated rings. The Hall–Kier alpha value is -1.59. The van der Waals surface area contributed by atoms with Crippen LogP contribution in [0.3, 0.4) is 0 Å². The number of carbonyl (C=O) groups excluding carboxylic acids is 2. The lowest BCUT2D eigenvalue weighted by Crippen LogP contribution is -2.37. The Balaban J connectivity index is 2.55. The highest BCUT2D eigenvalue weighted by Gasteiger charge is 2.42. The Labute approximate surface area is 125 Å². The van der Waals surface area contributed by atoms with Gasteiger partial charge in [-0.25, -0.2) is 0 Å². The third-order valence-corrected chi connectivity index (χ3v) is 4.35. The molecule has 0 spiro atoms. The van der Waals surface area contributed by atoms with Gasteiger partial charge in [-0.2, -0.15) is 0 Å². The first-order valence-corrected chi connectivity index (χ1v) is 7.45. The van der Waals surface area contributed by atoms with Gasteiger partial charge < -0.3 is 14.7 Å². The van der Waals surface area contributed by atoms with Gasteiger partial charge in [0.15, 0.2) is 0 Å². The van der Waals surface area contributed by atoms with Crippen LogP contribution in [-0.2, 0) is 19.1 Å². The zero-order valence-electron chi connectivity index (χ0n) is 13.0. The number of carbonyl (C=O) groups is 3. The second-order valence-corrected chi connectivity index (χ2v) is 5.74. The van der Waals surface area contributed by atoms with Crippen molar-refractivity contribution in [3.63, 3.8) is 0 Å². The van der Waals surface area contributed by atoms with Gasteiger partial charge >= 0.3 is 11.9 Å². The monoisotopic (exact) mass is 299 g/mol. The molecular formula is C15H25NO5. The number of carboxylic acids is 1. The molecule has 0 aromatic carbocycles. The van der Waals surface area contributed by atoms with Crippen LogP contribution >= 0.6 is 0 Å². The largest absolute Gasteiger partial charge is 0.481 e. The predicted octanol–water partition coefficient (Wildman–Crippen LogP) is 1.53. The summed E-state index contributed by atoms with van der Waals surface area (Å²) < 4.78 is 4.55. The van der Waals surface area contributed by atoms with Crippen LogP contribution in [0.15, 0.2) is 0 Å². The van der Waals surface area contributed by atoms with E-state index in [-0.39, 0.29) is 18.3 Å². The Kier molecular flexibility index (Phi) is 6.65. The predicted molar refractivity (Wildman–Crippen MR) is 76.5 cm³/mol. The average Bonchev–Trinajstić information content (AvgIpc) is 2.90. The molecule has 6 nitrogen and oxygen atoms in total. The zero-order chi connectivity index (χ0) is 16.0. The topological polar surface area (TPSA) is 83.9 Å². The maximum atomic E-state index is 12.4. The molecular weight excluding hydrogens is 274 g/mol. The third-order valence-electron chi connectivity index (χ3n) is 4.35. The number of amides is 1. The first-order chi connectivity index (χ1) is 9.90. The molecule has 1 aliphatic carbocycles. The molecule has 0 aromatic rings. The molecule has 3 unspecified atom stereocenters. The van der Waals surface area contributed by atoms with Gasteiger partial charge in [0.2, 0.25) is 5.91 Å². The molecule has 1 N–H and O–H groups in total. The molecule has 1 rings (SSSR count). The summed E-state index contributed by atoms with van der Waals surface area (Å²) in [4.78, 5) is 36.3. The van der Waals surface area contributed by atoms with Crippen LogP contribution in [0.1, 0.15) is 39.0 Å². The van der Waals surface area contributed by atoms with E-state index in [1.54, 1.807) is 11.9 Å². The molecule has 0 aliphatic heterocycles. The number of methoxy groups -OCH3 is 1. The van der Waals surface area contributed by atoms with E-state index in [4.69, 9.17) is 0 Å². The maximum Gasteiger partial charge on any atom is 0.307 e. The fourth-order valence-electron chi connectivity index (χ4n) is 2.98. The molecule has 0 aromatic heterocycles. The number of aliphatic carboxylic acids is 1. The van der Waals surface area contributed by atoms with Gasteiger partial charge in [-0.1, -0.05) is 13.3 Å². The van der Waals surface area contributed by atoms with E-state index in [0.29, 0.717) is 31.7 Å². The van der Waals surface area contributed by atoms with Gasteiger partial charge in [0.1, 0.15) is 0 Å². The SMILES string of the molecule is CCC1CC(C(=O)O)C(C(=O)N(C)CCCC(=O)OC)C1. The normalized spacial score (nSPS) is 24.6. The summed E-state index contributed by atoms with van der Waals surface area (Å²) >= 11 is 0. The van der Waals surface area contributed by atoms with Crippen molar-refractivity contribution in [2.75, 3.05) is 20.7 Å². The van der Waals surface area contributed by atoms with E-state index < -0.39 is 17.8 Å². The first-order valence-electron chi connectivity index (χ1n) is 7.45. The summed E-state index contributed by atoms with van der Waals surface area (Å²) in [6.45, 7) is 2.46. The van der Waals surface area contributed by atoms with Gasteiger partial charge in [-0.3, -0.25) is 14.4 Å². The minimum atomic E-state index is -0.882. The van der Waals surface area contributed by atoms with Gasteiger partial charge in [-0.05, 0) is 25.2 Å². The Morgan fingerprint density at radius 2 is 1.86 bits per heavy atom. The number of hydrogen-bond donors (Lipinski definition) is 1. The van der Waals surface area contributed by atoms with Crippen LogP contribution < -0.4 is 0 Å². The highest BCUT2D eigenvalue weighted by Crippen LogP contribution is 2.39. The molecule has 0 bridgehead atoms. The Morgan fingerprint density at radius 3 is 2.38 bits per heavy atom. The molecule has 0 saturated heterocycles. The lowest BCUT2D eigenvalue weighted by molar-refractivity contribution is -0.148. The van der Waals surface area contributed by atoms with E-state index in [1.165, 1.54) is 7.11 Å². The van der Waals surface area contributed by atoms with Crippen molar-refractivity contribution in [2.24, 2.45) is 17.8 Å². The number of carboxylic acid groups (broad SMARTS) is 1. The van der Waals surface area contributed by atoms with Crippen molar-refractivity contribution < 1.29 is 24.2 Å². The number of ether oxygens (including phenoxy) is 1. The number of nitrogens with zero attached hydrogens (tertiary/aromatic N) is 1.